The average Bonchev–Trinajstić information content (AvgIpc) is 3.04. The number of benzene rings is 1. The molecule has 1 aromatic rings. The van der Waals surface area contributed by atoms with Crippen LogP contribution in [0.1, 0.15) is 109 Å². The van der Waals surface area contributed by atoms with Crippen molar-refractivity contribution < 1.29 is 42.9 Å². The van der Waals surface area contributed by atoms with E-state index in [1.807, 2.05) is 0 Å². The molecule has 9 nitrogen and oxygen atoms in total. The number of ether oxygens (including phenoxy) is 2. The number of halogens is 2. The quantitative estimate of drug-likeness (QED) is 0.0612. The van der Waals surface area contributed by atoms with Gasteiger partial charge in [0.2, 0.25) is 17.7 Å². The van der Waals surface area contributed by atoms with E-state index in [-0.39, 0.29) is 19.3 Å². The second-order valence-corrected chi connectivity index (χ2v) is 12.3. The molecule has 0 heterocycles. The first-order chi connectivity index (χ1) is 22.4. The number of carbonyl (C=O) groups excluding carboxylic acids is 2. The highest BCUT2D eigenvalue weighted by molar-refractivity contribution is 5.93. The van der Waals surface area contributed by atoms with Gasteiger partial charge in [0.1, 0.15) is 11.8 Å². The molecule has 1 rings (SSSR count). The van der Waals surface area contributed by atoms with Crippen molar-refractivity contribution in [2.75, 3.05) is 27.4 Å². The van der Waals surface area contributed by atoms with Crippen molar-refractivity contribution in [3.05, 3.63) is 42.0 Å². The number of hydrogen-bond donors (Lipinski definition) is 4. The van der Waals surface area contributed by atoms with Gasteiger partial charge in [-0.15, -0.1) is 0 Å². The fraction of sp³-hybridized carbons (Fsp3) is 0.694. The molecule has 0 saturated carbocycles. The van der Waals surface area contributed by atoms with E-state index in [2.05, 4.69) is 24.5 Å². The van der Waals surface area contributed by atoms with Gasteiger partial charge in [-0.3, -0.25) is 9.59 Å². The average molecular weight is 669 g/mol. The zero-order chi connectivity index (χ0) is 35.1. The molecule has 0 spiro atoms. The number of rotatable bonds is 27. The Bertz CT molecular complexity index is 1070. The van der Waals surface area contributed by atoms with Crippen LogP contribution in [-0.4, -0.2) is 72.9 Å². The van der Waals surface area contributed by atoms with Crippen molar-refractivity contribution in [3.63, 3.8) is 0 Å². The van der Waals surface area contributed by atoms with Crippen LogP contribution in [0.15, 0.2) is 36.4 Å². The van der Waals surface area contributed by atoms with Crippen LogP contribution in [0.25, 0.3) is 0 Å². The molecule has 0 aliphatic rings. The van der Waals surface area contributed by atoms with E-state index in [1.165, 1.54) is 20.2 Å². The molecule has 0 aromatic heterocycles. The van der Waals surface area contributed by atoms with E-state index >= 15 is 0 Å². The first-order valence-corrected chi connectivity index (χ1v) is 17.2. The van der Waals surface area contributed by atoms with Crippen molar-refractivity contribution in [3.8, 4) is 5.75 Å². The molecule has 268 valence electrons. The SMILES string of the molecule is CCCCCCCC(F)(F)CCCCCCC=C[C@H](C(=O)N[C@@H](Cc1ccc(OCCCC)cc1)C(=O)NC)[C@@](O)(COC)C(=O)O. The minimum atomic E-state index is -2.64. The van der Waals surface area contributed by atoms with Crippen LogP contribution in [0.2, 0.25) is 0 Å². The van der Waals surface area contributed by atoms with Crippen LogP contribution in [0.3, 0.4) is 0 Å². The fourth-order valence-electron chi connectivity index (χ4n) is 5.25. The lowest BCUT2D eigenvalue weighted by molar-refractivity contribution is -0.173. The van der Waals surface area contributed by atoms with E-state index in [0.717, 1.165) is 44.1 Å². The summed E-state index contributed by atoms with van der Waals surface area (Å²) in [6.07, 6.45) is 12.1. The number of carboxylic acids is 1. The van der Waals surface area contributed by atoms with E-state index in [9.17, 15) is 33.4 Å². The molecule has 47 heavy (non-hydrogen) atoms. The molecule has 0 aliphatic heterocycles. The molecule has 4 N–H and O–H groups in total. The molecule has 1 aromatic carbocycles. The Morgan fingerprint density at radius 2 is 1.49 bits per heavy atom. The highest BCUT2D eigenvalue weighted by Crippen LogP contribution is 2.29. The molecular weight excluding hydrogens is 610 g/mol. The van der Waals surface area contributed by atoms with Gasteiger partial charge in [0.25, 0.3) is 0 Å². The number of likely N-dealkylation sites (N-methyl/N-ethyl adjacent to an activating group) is 1. The maximum atomic E-state index is 14.2. The van der Waals surface area contributed by atoms with Gasteiger partial charge in [-0.2, -0.15) is 0 Å². The van der Waals surface area contributed by atoms with E-state index in [4.69, 9.17) is 9.47 Å². The Balaban J connectivity index is 2.83. The third-order valence-corrected chi connectivity index (χ3v) is 8.18. The molecule has 0 fully saturated rings. The summed E-state index contributed by atoms with van der Waals surface area (Å²) < 4.78 is 39.0. The largest absolute Gasteiger partial charge is 0.494 e. The van der Waals surface area contributed by atoms with Crippen LogP contribution in [0.4, 0.5) is 8.78 Å². The number of alkyl halides is 2. The van der Waals surface area contributed by atoms with Gasteiger partial charge < -0.3 is 30.3 Å². The Kier molecular flexibility index (Phi) is 20.8. The molecule has 0 radical (unpaired) electrons. The number of aliphatic carboxylic acids is 1. The van der Waals surface area contributed by atoms with Gasteiger partial charge in [0.05, 0.1) is 19.1 Å². The monoisotopic (exact) mass is 668 g/mol. The Labute approximate surface area is 279 Å². The van der Waals surface area contributed by atoms with Crippen LogP contribution in [0.5, 0.6) is 5.75 Å². The maximum absolute atomic E-state index is 14.2. The predicted molar refractivity (Wildman–Crippen MR) is 180 cm³/mol. The minimum Gasteiger partial charge on any atom is -0.494 e. The number of unbranched alkanes of at least 4 members (excludes halogenated alkanes) is 9. The summed E-state index contributed by atoms with van der Waals surface area (Å²) in [5.74, 6) is -6.52. The molecule has 11 heteroatoms. The Morgan fingerprint density at radius 3 is 2.04 bits per heavy atom. The highest BCUT2D eigenvalue weighted by Gasteiger charge is 2.47. The van der Waals surface area contributed by atoms with E-state index in [0.29, 0.717) is 50.9 Å². The number of nitrogens with one attached hydrogen (secondary N) is 2. The lowest BCUT2D eigenvalue weighted by Crippen LogP contribution is -2.57. The summed E-state index contributed by atoms with van der Waals surface area (Å²) in [7, 11) is 2.64. The minimum absolute atomic E-state index is 0.0714. The number of allylic oxidation sites excluding steroid dienone is 1. The molecule has 0 aliphatic carbocycles. The molecule has 3 atom stereocenters. The summed E-state index contributed by atoms with van der Waals surface area (Å²) in [5.41, 5.74) is -1.86. The van der Waals surface area contributed by atoms with Gasteiger partial charge >= 0.3 is 5.97 Å². The van der Waals surface area contributed by atoms with Crippen LogP contribution >= 0.6 is 0 Å². The van der Waals surface area contributed by atoms with Crippen LogP contribution in [-0.2, 0) is 25.5 Å². The first-order valence-electron chi connectivity index (χ1n) is 17.2. The summed E-state index contributed by atoms with van der Waals surface area (Å²) in [4.78, 5) is 38.4. The number of carboxylic acid groups (broad SMARTS) is 1. The first kappa shape index (κ1) is 42.0. The van der Waals surface area contributed by atoms with Crippen LogP contribution in [0, 0.1) is 5.92 Å². The maximum Gasteiger partial charge on any atom is 0.339 e. The summed E-state index contributed by atoms with van der Waals surface area (Å²) >= 11 is 0. The smallest absolute Gasteiger partial charge is 0.339 e. The standard InChI is InChI=1S/C36H58F2N2O7/c1-5-7-9-13-16-23-35(37,38)24-17-14-11-10-12-15-18-30(36(45,27-46-4)34(43)44)32(41)40-31(33(42)39-3)26-28-19-21-29(22-20-28)47-25-8-6-2/h15,18-22,30-31,45H,5-14,16-17,23-27H2,1-4H3,(H,39,42)(H,40,41)(H,43,44)/t30-,31+,36+/m1/s1. The van der Waals surface area contributed by atoms with Crippen molar-refractivity contribution in [1.82, 2.24) is 10.6 Å². The molecule has 0 unspecified atom stereocenters. The Hall–Kier alpha value is -3.05. The van der Waals surface area contributed by atoms with Gasteiger partial charge in [-0.25, -0.2) is 13.6 Å². The van der Waals surface area contributed by atoms with Crippen molar-refractivity contribution >= 4 is 17.8 Å². The molecule has 0 bridgehead atoms. The number of carbonyl (C=O) groups is 3. The third kappa shape index (κ3) is 16.6. The Morgan fingerprint density at radius 1 is 0.894 bits per heavy atom. The normalized spacial score (nSPS) is 14.4. The topological polar surface area (TPSA) is 134 Å². The van der Waals surface area contributed by atoms with E-state index < -0.39 is 47.9 Å². The number of aliphatic hydroxyl groups is 1. The number of methoxy groups -OCH3 is 1. The van der Waals surface area contributed by atoms with Crippen molar-refractivity contribution in [2.24, 2.45) is 5.92 Å². The zero-order valence-corrected chi connectivity index (χ0v) is 28.8. The molecular formula is C36H58F2N2O7. The van der Waals surface area contributed by atoms with Crippen LogP contribution < -0.4 is 15.4 Å². The summed E-state index contributed by atoms with van der Waals surface area (Å²) in [6.45, 7) is 4.09. The van der Waals surface area contributed by atoms with Gasteiger partial charge in [-0.1, -0.05) is 83.1 Å². The number of amides is 2. The van der Waals surface area contributed by atoms with Gasteiger partial charge in [0, 0.05) is 33.4 Å². The van der Waals surface area contributed by atoms with Gasteiger partial charge in [0.15, 0.2) is 5.60 Å². The summed E-state index contributed by atoms with van der Waals surface area (Å²) in [5, 5.41) is 26.1. The van der Waals surface area contributed by atoms with E-state index in [1.54, 1.807) is 30.3 Å². The highest BCUT2D eigenvalue weighted by atomic mass is 19.3. The third-order valence-electron chi connectivity index (χ3n) is 8.18. The summed E-state index contributed by atoms with van der Waals surface area (Å²) in [6, 6.07) is 6.08. The number of hydrogen-bond acceptors (Lipinski definition) is 6. The lowest BCUT2D eigenvalue weighted by Gasteiger charge is -2.30. The van der Waals surface area contributed by atoms with Gasteiger partial charge in [-0.05, 0) is 49.8 Å². The fourth-order valence-corrected chi connectivity index (χ4v) is 5.25. The second kappa shape index (κ2) is 23.3. The zero-order valence-electron chi connectivity index (χ0n) is 28.8. The molecule has 2 amide bonds. The lowest BCUT2D eigenvalue weighted by atomic mass is 9.86. The second-order valence-electron chi connectivity index (χ2n) is 12.3. The van der Waals surface area contributed by atoms with Crippen molar-refractivity contribution in [1.29, 1.82) is 0 Å². The molecule has 0 saturated heterocycles. The van der Waals surface area contributed by atoms with Crippen molar-refractivity contribution in [2.45, 2.75) is 128 Å². The predicted octanol–water partition coefficient (Wildman–Crippen LogP) is 6.61.